The number of likely N-dealkylation sites (tertiary alicyclic amines) is 1. The Kier molecular flexibility index (Phi) is 4.74. The molecule has 1 aromatic carbocycles. The third-order valence-electron chi connectivity index (χ3n) is 3.51. The summed E-state index contributed by atoms with van der Waals surface area (Å²) in [5, 5.41) is 11.3. The van der Waals surface area contributed by atoms with Crippen molar-refractivity contribution in [1.29, 1.82) is 0 Å². The van der Waals surface area contributed by atoms with E-state index < -0.39 is 12.0 Å². The van der Waals surface area contributed by atoms with Crippen LogP contribution in [0.3, 0.4) is 0 Å². The van der Waals surface area contributed by atoms with Crippen LogP contribution in [0, 0.1) is 0 Å². The van der Waals surface area contributed by atoms with E-state index in [-0.39, 0.29) is 5.91 Å². The summed E-state index contributed by atoms with van der Waals surface area (Å²) in [5.41, 5.74) is 1.59. The minimum atomic E-state index is -1.04. The number of hydrogen-bond acceptors (Lipinski definition) is 3. The van der Waals surface area contributed by atoms with E-state index in [0.29, 0.717) is 5.56 Å². The maximum Gasteiger partial charge on any atom is 0.325 e. The number of aliphatic carboxylic acids is 1. The number of rotatable bonds is 5. The number of carboxylic acids is 1. The highest BCUT2D eigenvalue weighted by atomic mass is 16.4. The van der Waals surface area contributed by atoms with Gasteiger partial charge in [0.05, 0.1) is 0 Å². The predicted molar refractivity (Wildman–Crippen MR) is 75.5 cm³/mol. The van der Waals surface area contributed by atoms with E-state index in [2.05, 4.69) is 10.2 Å². The molecule has 0 aliphatic carbocycles. The van der Waals surface area contributed by atoms with Crippen molar-refractivity contribution in [3.05, 3.63) is 35.4 Å². The van der Waals surface area contributed by atoms with E-state index in [0.717, 1.165) is 25.2 Å². The Morgan fingerprint density at radius 2 is 2.05 bits per heavy atom. The van der Waals surface area contributed by atoms with Crippen LogP contribution in [-0.2, 0) is 11.3 Å². The summed E-state index contributed by atoms with van der Waals surface area (Å²) in [4.78, 5) is 25.1. The van der Waals surface area contributed by atoms with Gasteiger partial charge in [-0.1, -0.05) is 12.1 Å². The van der Waals surface area contributed by atoms with Crippen molar-refractivity contribution in [3.8, 4) is 0 Å². The molecule has 0 aromatic heterocycles. The van der Waals surface area contributed by atoms with Gasteiger partial charge >= 0.3 is 5.97 Å². The highest BCUT2D eigenvalue weighted by Gasteiger charge is 2.16. The van der Waals surface area contributed by atoms with Crippen molar-refractivity contribution in [2.45, 2.75) is 32.4 Å². The van der Waals surface area contributed by atoms with Crippen LogP contribution in [0.1, 0.15) is 35.7 Å². The topological polar surface area (TPSA) is 69.6 Å². The first kappa shape index (κ1) is 14.5. The van der Waals surface area contributed by atoms with Crippen LogP contribution >= 0.6 is 0 Å². The molecule has 1 atom stereocenters. The first-order valence-electron chi connectivity index (χ1n) is 6.91. The van der Waals surface area contributed by atoms with Crippen molar-refractivity contribution < 1.29 is 14.7 Å². The van der Waals surface area contributed by atoms with Gasteiger partial charge in [-0.3, -0.25) is 14.5 Å². The molecule has 1 amide bonds. The average molecular weight is 276 g/mol. The first-order valence-corrected chi connectivity index (χ1v) is 6.91. The van der Waals surface area contributed by atoms with Crippen LogP contribution in [0.25, 0.3) is 0 Å². The molecule has 1 fully saturated rings. The number of carboxylic acid groups (broad SMARTS) is 1. The summed E-state index contributed by atoms with van der Waals surface area (Å²) < 4.78 is 0. The van der Waals surface area contributed by atoms with Crippen LogP contribution in [0.15, 0.2) is 24.3 Å². The van der Waals surface area contributed by atoms with Crippen molar-refractivity contribution in [1.82, 2.24) is 10.2 Å². The molecule has 1 heterocycles. The summed E-state index contributed by atoms with van der Waals surface area (Å²) in [5.74, 6) is -1.38. The summed E-state index contributed by atoms with van der Waals surface area (Å²) in [7, 11) is 0. The van der Waals surface area contributed by atoms with Gasteiger partial charge in [-0.25, -0.2) is 0 Å². The second-order valence-corrected chi connectivity index (χ2v) is 5.22. The molecule has 0 saturated carbocycles. The number of carbonyl (C=O) groups is 2. The van der Waals surface area contributed by atoms with Gasteiger partial charge in [0.25, 0.3) is 5.91 Å². The summed E-state index contributed by atoms with van der Waals surface area (Å²) in [6.07, 6.45) is 2.46. The lowest BCUT2D eigenvalue weighted by Crippen LogP contribution is -2.38. The highest BCUT2D eigenvalue weighted by molar-refractivity contribution is 5.96. The third-order valence-corrected chi connectivity index (χ3v) is 3.51. The molecule has 5 nitrogen and oxygen atoms in total. The molecule has 0 bridgehead atoms. The lowest BCUT2D eigenvalue weighted by molar-refractivity contribution is -0.138. The predicted octanol–water partition coefficient (Wildman–Crippen LogP) is 1.49. The molecular weight excluding hydrogens is 256 g/mol. The van der Waals surface area contributed by atoms with Gasteiger partial charge in [0.2, 0.25) is 0 Å². The van der Waals surface area contributed by atoms with Gasteiger partial charge in [-0.15, -0.1) is 0 Å². The van der Waals surface area contributed by atoms with E-state index >= 15 is 0 Å². The minimum absolute atomic E-state index is 0.344. The monoisotopic (exact) mass is 276 g/mol. The van der Waals surface area contributed by atoms with Crippen LogP contribution in [0.4, 0.5) is 0 Å². The molecule has 0 radical (unpaired) electrons. The first-order chi connectivity index (χ1) is 9.56. The maximum absolute atomic E-state index is 12.0. The molecule has 5 heteroatoms. The fraction of sp³-hybridized carbons (Fsp3) is 0.467. The van der Waals surface area contributed by atoms with Crippen LogP contribution in [0.2, 0.25) is 0 Å². The standard InChI is InChI=1S/C15H20N2O3/c1-11(15(19)20)16-14(18)13-6-4-5-12(9-13)10-17-7-2-3-8-17/h4-6,9,11H,2-3,7-8,10H2,1H3,(H,16,18)(H,19,20). The Morgan fingerprint density at radius 3 is 2.70 bits per heavy atom. The number of benzene rings is 1. The molecule has 1 unspecified atom stereocenters. The average Bonchev–Trinajstić information content (AvgIpc) is 2.91. The van der Waals surface area contributed by atoms with E-state index in [1.165, 1.54) is 19.8 Å². The SMILES string of the molecule is CC(NC(=O)c1cccc(CN2CCCC2)c1)C(=O)O. The van der Waals surface area contributed by atoms with Crippen LogP contribution in [0.5, 0.6) is 0 Å². The molecule has 20 heavy (non-hydrogen) atoms. The second kappa shape index (κ2) is 6.52. The Bertz CT molecular complexity index is 496. The van der Waals surface area contributed by atoms with Gasteiger partial charge < -0.3 is 10.4 Å². The smallest absolute Gasteiger partial charge is 0.325 e. The van der Waals surface area contributed by atoms with E-state index in [4.69, 9.17) is 5.11 Å². The zero-order chi connectivity index (χ0) is 14.5. The molecule has 1 aromatic rings. The number of carbonyl (C=O) groups excluding carboxylic acids is 1. The van der Waals surface area contributed by atoms with E-state index in [1.807, 2.05) is 18.2 Å². The highest BCUT2D eigenvalue weighted by Crippen LogP contribution is 2.14. The normalized spacial score (nSPS) is 16.9. The fourth-order valence-electron chi connectivity index (χ4n) is 2.35. The summed E-state index contributed by atoms with van der Waals surface area (Å²) >= 11 is 0. The number of hydrogen-bond donors (Lipinski definition) is 2. The van der Waals surface area contributed by atoms with E-state index in [1.54, 1.807) is 6.07 Å². The van der Waals surface area contributed by atoms with Gasteiger partial charge in [0.1, 0.15) is 6.04 Å². The second-order valence-electron chi connectivity index (χ2n) is 5.22. The Balaban J connectivity index is 2.01. The van der Waals surface area contributed by atoms with Crippen molar-refractivity contribution in [2.24, 2.45) is 0 Å². The Morgan fingerprint density at radius 1 is 1.35 bits per heavy atom. The number of amides is 1. The molecule has 108 valence electrons. The fourth-order valence-corrected chi connectivity index (χ4v) is 2.35. The maximum atomic E-state index is 12.0. The molecule has 1 aliphatic rings. The van der Waals surface area contributed by atoms with Crippen molar-refractivity contribution in [3.63, 3.8) is 0 Å². The largest absolute Gasteiger partial charge is 0.480 e. The Hall–Kier alpha value is -1.88. The van der Waals surface area contributed by atoms with Crippen LogP contribution < -0.4 is 5.32 Å². The van der Waals surface area contributed by atoms with Crippen molar-refractivity contribution >= 4 is 11.9 Å². The molecule has 0 spiro atoms. The van der Waals surface area contributed by atoms with Gasteiger partial charge in [0.15, 0.2) is 0 Å². The molecule has 2 N–H and O–H groups in total. The zero-order valence-corrected chi connectivity index (χ0v) is 11.6. The minimum Gasteiger partial charge on any atom is -0.480 e. The summed E-state index contributed by atoms with van der Waals surface area (Å²) in [6.45, 7) is 4.50. The zero-order valence-electron chi connectivity index (χ0n) is 11.6. The van der Waals surface area contributed by atoms with Crippen molar-refractivity contribution in [2.75, 3.05) is 13.1 Å². The van der Waals surface area contributed by atoms with E-state index in [9.17, 15) is 9.59 Å². The van der Waals surface area contributed by atoms with Crippen LogP contribution in [-0.4, -0.2) is 41.0 Å². The number of nitrogens with zero attached hydrogens (tertiary/aromatic N) is 1. The molecule has 1 saturated heterocycles. The number of nitrogens with one attached hydrogen (secondary N) is 1. The summed E-state index contributed by atoms with van der Waals surface area (Å²) in [6, 6.07) is 6.49. The Labute approximate surface area is 118 Å². The van der Waals surface area contributed by atoms with Gasteiger partial charge in [-0.05, 0) is 50.6 Å². The molecule has 1 aliphatic heterocycles. The molecule has 2 rings (SSSR count). The lowest BCUT2D eigenvalue weighted by atomic mass is 10.1. The van der Waals surface area contributed by atoms with Gasteiger partial charge in [-0.2, -0.15) is 0 Å². The quantitative estimate of drug-likeness (QED) is 0.854. The third kappa shape index (κ3) is 3.81. The lowest BCUT2D eigenvalue weighted by Gasteiger charge is -2.15. The molecular formula is C15H20N2O3. The van der Waals surface area contributed by atoms with Gasteiger partial charge in [0, 0.05) is 12.1 Å².